The average Bonchev–Trinajstić information content (AvgIpc) is 2.97. The number of nitrogens with zero attached hydrogens (tertiary/aromatic N) is 2. The molecule has 0 unspecified atom stereocenters. The van der Waals surface area contributed by atoms with E-state index in [0.29, 0.717) is 12.1 Å². The van der Waals surface area contributed by atoms with Crippen LogP contribution in [0.4, 0.5) is 0 Å². The fourth-order valence-corrected chi connectivity index (χ4v) is 3.57. The Bertz CT molecular complexity index is 831. The summed E-state index contributed by atoms with van der Waals surface area (Å²) in [5.41, 5.74) is 2.55. The molecular weight excluding hydrogens is 270 g/mol. The molecular formula is C15H13N3OS. The summed E-state index contributed by atoms with van der Waals surface area (Å²) in [5, 5.41) is 2.94. The van der Waals surface area contributed by atoms with E-state index in [-0.39, 0.29) is 5.91 Å². The number of aryl methyl sites for hydroxylation is 1. The molecule has 0 radical (unpaired) electrons. The summed E-state index contributed by atoms with van der Waals surface area (Å²) in [6.45, 7) is 3.48. The Morgan fingerprint density at radius 3 is 3.00 bits per heavy atom. The van der Waals surface area contributed by atoms with Crippen molar-refractivity contribution in [2.24, 2.45) is 0 Å². The van der Waals surface area contributed by atoms with E-state index in [1.807, 2.05) is 18.2 Å². The van der Waals surface area contributed by atoms with Crippen molar-refractivity contribution in [1.29, 1.82) is 0 Å². The van der Waals surface area contributed by atoms with Gasteiger partial charge >= 0.3 is 0 Å². The molecule has 4 nitrogen and oxygen atoms in total. The number of para-hydroxylation sites is 1. The SMILES string of the molecule is Cc1ccc(-c2nc3cccc4c3n2CCNC4=O)s1. The lowest BCUT2D eigenvalue weighted by Gasteiger charge is -2.05. The Morgan fingerprint density at radius 2 is 2.20 bits per heavy atom. The fourth-order valence-electron chi connectivity index (χ4n) is 2.71. The van der Waals surface area contributed by atoms with Crippen molar-refractivity contribution in [2.45, 2.75) is 13.5 Å². The Balaban J connectivity index is 2.06. The monoisotopic (exact) mass is 283 g/mol. The van der Waals surface area contributed by atoms with E-state index in [0.717, 1.165) is 28.3 Å². The van der Waals surface area contributed by atoms with Crippen LogP contribution in [-0.2, 0) is 6.54 Å². The van der Waals surface area contributed by atoms with Gasteiger partial charge in [0.15, 0.2) is 5.82 Å². The maximum Gasteiger partial charge on any atom is 0.253 e. The van der Waals surface area contributed by atoms with Gasteiger partial charge in [0.25, 0.3) is 5.91 Å². The van der Waals surface area contributed by atoms with Crippen molar-refractivity contribution >= 4 is 28.3 Å². The lowest BCUT2D eigenvalue weighted by atomic mass is 10.2. The summed E-state index contributed by atoms with van der Waals surface area (Å²) in [7, 11) is 0. The number of hydrogen-bond donors (Lipinski definition) is 1. The van der Waals surface area contributed by atoms with Gasteiger partial charge in [-0.1, -0.05) is 6.07 Å². The molecule has 0 aliphatic carbocycles. The molecule has 0 atom stereocenters. The standard InChI is InChI=1S/C15H13N3OS/c1-9-5-6-12(20-9)14-17-11-4-2-3-10-13(11)18(14)8-7-16-15(10)19/h2-6H,7-8H2,1H3,(H,16,19). The fraction of sp³-hybridized carbons (Fsp3) is 0.200. The van der Waals surface area contributed by atoms with Crippen LogP contribution >= 0.6 is 11.3 Å². The van der Waals surface area contributed by atoms with Crippen LogP contribution in [0.3, 0.4) is 0 Å². The van der Waals surface area contributed by atoms with E-state index < -0.39 is 0 Å². The Hall–Kier alpha value is -2.14. The molecule has 0 saturated carbocycles. The predicted octanol–water partition coefficient (Wildman–Crippen LogP) is 2.82. The number of carbonyl (C=O) groups excluding carboxylic acids is 1. The summed E-state index contributed by atoms with van der Waals surface area (Å²) in [4.78, 5) is 19.2. The van der Waals surface area contributed by atoms with Crippen LogP contribution in [0.1, 0.15) is 15.2 Å². The van der Waals surface area contributed by atoms with Crippen molar-refractivity contribution in [3.63, 3.8) is 0 Å². The molecule has 1 aliphatic heterocycles. The third kappa shape index (κ3) is 1.59. The number of carbonyl (C=O) groups is 1. The van der Waals surface area contributed by atoms with Crippen LogP contribution < -0.4 is 5.32 Å². The van der Waals surface area contributed by atoms with Gasteiger partial charge < -0.3 is 9.88 Å². The van der Waals surface area contributed by atoms with Gasteiger partial charge in [0.05, 0.1) is 21.5 Å². The van der Waals surface area contributed by atoms with Crippen molar-refractivity contribution < 1.29 is 4.79 Å². The van der Waals surface area contributed by atoms with Crippen molar-refractivity contribution in [2.75, 3.05) is 6.54 Å². The molecule has 0 fully saturated rings. The molecule has 0 bridgehead atoms. The molecule has 1 aliphatic rings. The van der Waals surface area contributed by atoms with Gasteiger partial charge in [0, 0.05) is 18.0 Å². The first-order chi connectivity index (χ1) is 9.74. The first kappa shape index (κ1) is 11.7. The number of amides is 1. The van der Waals surface area contributed by atoms with Gasteiger partial charge in [-0.15, -0.1) is 11.3 Å². The number of rotatable bonds is 1. The number of thiophene rings is 1. The van der Waals surface area contributed by atoms with Crippen molar-refractivity contribution in [3.05, 3.63) is 40.8 Å². The Morgan fingerprint density at radius 1 is 1.30 bits per heavy atom. The molecule has 4 rings (SSSR count). The number of imidazole rings is 1. The zero-order chi connectivity index (χ0) is 13.7. The predicted molar refractivity (Wildman–Crippen MR) is 80.1 cm³/mol. The second kappa shape index (κ2) is 4.18. The van der Waals surface area contributed by atoms with Crippen LogP contribution in [0.2, 0.25) is 0 Å². The third-order valence-electron chi connectivity index (χ3n) is 3.59. The van der Waals surface area contributed by atoms with Crippen LogP contribution in [0.15, 0.2) is 30.3 Å². The molecule has 5 heteroatoms. The molecule has 1 N–H and O–H groups in total. The lowest BCUT2D eigenvalue weighted by molar-refractivity contribution is 0.0956. The summed E-state index contributed by atoms with van der Waals surface area (Å²) >= 11 is 1.73. The average molecular weight is 283 g/mol. The topological polar surface area (TPSA) is 46.9 Å². The second-order valence-corrected chi connectivity index (χ2v) is 6.21. The van der Waals surface area contributed by atoms with Crippen LogP contribution in [0.25, 0.3) is 21.7 Å². The number of benzene rings is 1. The van der Waals surface area contributed by atoms with E-state index in [1.165, 1.54) is 4.88 Å². The third-order valence-corrected chi connectivity index (χ3v) is 4.59. The molecule has 1 aromatic carbocycles. The minimum absolute atomic E-state index is 0.0110. The molecule has 0 spiro atoms. The van der Waals surface area contributed by atoms with E-state index in [4.69, 9.17) is 4.98 Å². The second-order valence-electron chi connectivity index (χ2n) is 4.93. The molecule has 3 heterocycles. The van der Waals surface area contributed by atoms with Gasteiger partial charge in [0.1, 0.15) is 0 Å². The molecule has 100 valence electrons. The molecule has 0 saturated heterocycles. The van der Waals surface area contributed by atoms with E-state index in [2.05, 4.69) is 28.9 Å². The van der Waals surface area contributed by atoms with Gasteiger partial charge in [-0.3, -0.25) is 4.79 Å². The summed E-state index contributed by atoms with van der Waals surface area (Å²) in [5.74, 6) is 0.949. The number of nitrogens with one attached hydrogen (secondary N) is 1. The zero-order valence-corrected chi connectivity index (χ0v) is 11.8. The highest BCUT2D eigenvalue weighted by atomic mass is 32.1. The normalized spacial score (nSPS) is 14.3. The highest BCUT2D eigenvalue weighted by molar-refractivity contribution is 7.15. The highest BCUT2D eigenvalue weighted by Crippen LogP contribution is 2.32. The van der Waals surface area contributed by atoms with Crippen LogP contribution in [0, 0.1) is 6.92 Å². The number of aromatic nitrogens is 2. The highest BCUT2D eigenvalue weighted by Gasteiger charge is 2.21. The van der Waals surface area contributed by atoms with Gasteiger partial charge in [-0.2, -0.15) is 0 Å². The molecule has 3 aromatic rings. The minimum Gasteiger partial charge on any atom is -0.350 e. The quantitative estimate of drug-likeness (QED) is 0.746. The summed E-state index contributed by atoms with van der Waals surface area (Å²) < 4.78 is 2.16. The first-order valence-electron chi connectivity index (χ1n) is 6.58. The first-order valence-corrected chi connectivity index (χ1v) is 7.40. The minimum atomic E-state index is -0.0110. The molecule has 1 amide bonds. The summed E-state index contributed by atoms with van der Waals surface area (Å²) in [6, 6.07) is 9.93. The largest absolute Gasteiger partial charge is 0.350 e. The van der Waals surface area contributed by atoms with Crippen LogP contribution in [-0.4, -0.2) is 22.0 Å². The molecule has 2 aromatic heterocycles. The Labute approximate surface area is 120 Å². The van der Waals surface area contributed by atoms with Gasteiger partial charge in [-0.25, -0.2) is 4.98 Å². The maximum absolute atomic E-state index is 12.1. The Kier molecular flexibility index (Phi) is 2.44. The molecule has 20 heavy (non-hydrogen) atoms. The van der Waals surface area contributed by atoms with E-state index >= 15 is 0 Å². The van der Waals surface area contributed by atoms with Crippen molar-refractivity contribution in [1.82, 2.24) is 14.9 Å². The maximum atomic E-state index is 12.1. The van der Waals surface area contributed by atoms with Gasteiger partial charge in [-0.05, 0) is 31.2 Å². The van der Waals surface area contributed by atoms with Gasteiger partial charge in [0.2, 0.25) is 0 Å². The number of hydrogen-bond acceptors (Lipinski definition) is 3. The van der Waals surface area contributed by atoms with Crippen molar-refractivity contribution in [3.8, 4) is 10.7 Å². The zero-order valence-electron chi connectivity index (χ0n) is 11.0. The lowest BCUT2D eigenvalue weighted by Crippen LogP contribution is -2.24. The summed E-state index contributed by atoms with van der Waals surface area (Å²) in [6.07, 6.45) is 0. The smallest absolute Gasteiger partial charge is 0.253 e. The van der Waals surface area contributed by atoms with Crippen LogP contribution in [0.5, 0.6) is 0 Å². The van der Waals surface area contributed by atoms with E-state index in [1.54, 1.807) is 11.3 Å². The van der Waals surface area contributed by atoms with E-state index in [9.17, 15) is 4.79 Å².